The molecule has 0 amide bonds. The maximum atomic E-state index is 6.14. The molecule has 2 nitrogen and oxygen atoms in total. The van der Waals surface area contributed by atoms with Gasteiger partial charge in [-0.3, -0.25) is 4.90 Å². The van der Waals surface area contributed by atoms with Crippen molar-refractivity contribution in [3.63, 3.8) is 0 Å². The quantitative estimate of drug-likeness (QED) is 0.816. The average molecular weight is 238 g/mol. The summed E-state index contributed by atoms with van der Waals surface area (Å²) in [7, 11) is 2.31. The molecule has 17 heavy (non-hydrogen) atoms. The van der Waals surface area contributed by atoms with Crippen LogP contribution in [0.1, 0.15) is 52.4 Å². The van der Waals surface area contributed by atoms with E-state index in [1.54, 1.807) is 0 Å². The second-order valence-electron chi connectivity index (χ2n) is 6.80. The van der Waals surface area contributed by atoms with E-state index in [4.69, 9.17) is 5.73 Å². The van der Waals surface area contributed by atoms with Crippen LogP contribution in [0.15, 0.2) is 0 Å². The molecule has 0 saturated heterocycles. The van der Waals surface area contributed by atoms with E-state index in [1.807, 2.05) is 0 Å². The molecule has 0 spiro atoms. The molecular weight excluding hydrogens is 208 g/mol. The Morgan fingerprint density at radius 1 is 1.18 bits per heavy atom. The normalized spacial score (nSPS) is 39.4. The van der Waals surface area contributed by atoms with Crippen molar-refractivity contribution in [2.24, 2.45) is 23.5 Å². The summed E-state index contributed by atoms with van der Waals surface area (Å²) in [4.78, 5) is 2.61. The van der Waals surface area contributed by atoms with Gasteiger partial charge in [-0.25, -0.2) is 0 Å². The van der Waals surface area contributed by atoms with Gasteiger partial charge in [0.2, 0.25) is 0 Å². The second kappa shape index (κ2) is 5.27. The molecule has 0 aliphatic heterocycles. The summed E-state index contributed by atoms with van der Waals surface area (Å²) in [6.45, 7) is 6.92. The summed E-state index contributed by atoms with van der Waals surface area (Å²) in [6, 6.07) is 0. The Morgan fingerprint density at radius 3 is 2.35 bits per heavy atom. The van der Waals surface area contributed by atoms with E-state index < -0.39 is 0 Å². The Morgan fingerprint density at radius 2 is 1.88 bits per heavy atom. The van der Waals surface area contributed by atoms with Crippen molar-refractivity contribution >= 4 is 0 Å². The zero-order valence-corrected chi connectivity index (χ0v) is 11.9. The smallest absolute Gasteiger partial charge is 0.0331 e. The lowest BCUT2D eigenvalue weighted by atomic mass is 9.70. The zero-order chi connectivity index (χ0) is 12.5. The summed E-state index contributed by atoms with van der Waals surface area (Å²) < 4.78 is 0. The van der Waals surface area contributed by atoms with Crippen molar-refractivity contribution in [1.82, 2.24) is 4.90 Å². The van der Waals surface area contributed by atoms with Crippen LogP contribution in [0.4, 0.5) is 0 Å². The molecule has 3 atom stereocenters. The fourth-order valence-corrected chi connectivity index (χ4v) is 3.63. The zero-order valence-electron chi connectivity index (χ0n) is 11.9. The van der Waals surface area contributed by atoms with E-state index in [-0.39, 0.29) is 0 Å². The Bertz CT molecular complexity index is 249. The van der Waals surface area contributed by atoms with Crippen molar-refractivity contribution < 1.29 is 0 Å². The third kappa shape index (κ3) is 2.68. The molecular formula is C15H30N2. The summed E-state index contributed by atoms with van der Waals surface area (Å²) in [6.07, 6.45) is 8.29. The number of rotatable bonds is 4. The highest BCUT2D eigenvalue weighted by molar-refractivity contribution is 4.97. The van der Waals surface area contributed by atoms with Crippen LogP contribution in [-0.2, 0) is 0 Å². The fraction of sp³-hybridized carbons (Fsp3) is 1.00. The maximum absolute atomic E-state index is 6.14. The van der Waals surface area contributed by atoms with Gasteiger partial charge in [0.15, 0.2) is 0 Å². The first-order chi connectivity index (χ1) is 8.07. The summed E-state index contributed by atoms with van der Waals surface area (Å²) in [5.74, 6) is 2.67. The molecule has 2 rings (SSSR count). The SMILES string of the molecule is CC1CCC(CN)(N(C)CC2CCC2)CC1C. The van der Waals surface area contributed by atoms with Crippen LogP contribution in [0.25, 0.3) is 0 Å². The lowest BCUT2D eigenvalue weighted by molar-refractivity contribution is 0.0209. The van der Waals surface area contributed by atoms with Gasteiger partial charge in [-0.2, -0.15) is 0 Å². The van der Waals surface area contributed by atoms with Crippen LogP contribution in [-0.4, -0.2) is 30.6 Å². The molecule has 3 unspecified atom stereocenters. The van der Waals surface area contributed by atoms with Gasteiger partial charge in [-0.05, 0) is 56.9 Å². The first-order valence-corrected chi connectivity index (χ1v) is 7.49. The average Bonchev–Trinajstić information content (AvgIpc) is 2.27. The van der Waals surface area contributed by atoms with Gasteiger partial charge in [-0.15, -0.1) is 0 Å². The predicted octanol–water partition coefficient (Wildman–Crippen LogP) is 2.87. The molecule has 2 saturated carbocycles. The third-order valence-corrected chi connectivity index (χ3v) is 5.68. The van der Waals surface area contributed by atoms with Gasteiger partial charge in [0.25, 0.3) is 0 Å². The van der Waals surface area contributed by atoms with Crippen LogP contribution >= 0.6 is 0 Å². The number of nitrogens with zero attached hydrogens (tertiary/aromatic N) is 1. The monoisotopic (exact) mass is 238 g/mol. The van der Waals surface area contributed by atoms with E-state index >= 15 is 0 Å². The molecule has 2 heteroatoms. The topological polar surface area (TPSA) is 29.3 Å². The molecule has 0 aromatic heterocycles. The number of nitrogens with two attached hydrogens (primary N) is 1. The van der Waals surface area contributed by atoms with E-state index in [1.165, 1.54) is 45.1 Å². The van der Waals surface area contributed by atoms with Crippen LogP contribution < -0.4 is 5.73 Å². The number of hydrogen-bond acceptors (Lipinski definition) is 2. The van der Waals surface area contributed by atoms with Crippen molar-refractivity contribution in [3.8, 4) is 0 Å². The minimum atomic E-state index is 0.307. The third-order valence-electron chi connectivity index (χ3n) is 5.68. The van der Waals surface area contributed by atoms with Gasteiger partial charge in [0.1, 0.15) is 0 Å². The first-order valence-electron chi connectivity index (χ1n) is 7.49. The van der Waals surface area contributed by atoms with Crippen molar-refractivity contribution in [2.75, 3.05) is 20.1 Å². The Hall–Kier alpha value is -0.0800. The summed E-state index contributed by atoms with van der Waals surface area (Å²) in [5, 5.41) is 0. The lowest BCUT2D eigenvalue weighted by Crippen LogP contribution is -2.57. The van der Waals surface area contributed by atoms with Crippen molar-refractivity contribution in [1.29, 1.82) is 0 Å². The van der Waals surface area contributed by atoms with E-state index in [0.717, 1.165) is 24.3 Å². The van der Waals surface area contributed by atoms with E-state index in [2.05, 4.69) is 25.8 Å². The van der Waals surface area contributed by atoms with E-state index in [9.17, 15) is 0 Å². The highest BCUT2D eigenvalue weighted by Gasteiger charge is 2.40. The molecule has 2 N–H and O–H groups in total. The predicted molar refractivity (Wildman–Crippen MR) is 73.9 cm³/mol. The molecule has 2 aliphatic carbocycles. The Labute approximate surface area is 107 Å². The Kier molecular flexibility index (Phi) is 4.14. The van der Waals surface area contributed by atoms with Crippen LogP contribution in [0.2, 0.25) is 0 Å². The molecule has 0 radical (unpaired) electrons. The van der Waals surface area contributed by atoms with Crippen LogP contribution in [0.5, 0.6) is 0 Å². The molecule has 2 aliphatic rings. The van der Waals surface area contributed by atoms with Gasteiger partial charge < -0.3 is 5.73 Å². The lowest BCUT2D eigenvalue weighted by Gasteiger charge is -2.49. The second-order valence-corrected chi connectivity index (χ2v) is 6.80. The van der Waals surface area contributed by atoms with Gasteiger partial charge in [-0.1, -0.05) is 20.3 Å². The van der Waals surface area contributed by atoms with Crippen molar-refractivity contribution in [2.45, 2.75) is 57.9 Å². The standard InChI is InChI=1S/C15H30N2/c1-12-7-8-15(11-16,9-13(12)2)17(3)10-14-5-4-6-14/h12-14H,4-11,16H2,1-3H3. The summed E-state index contributed by atoms with van der Waals surface area (Å²) in [5.41, 5.74) is 6.45. The van der Waals surface area contributed by atoms with Gasteiger partial charge in [0.05, 0.1) is 0 Å². The Balaban J connectivity index is 1.97. The molecule has 0 heterocycles. The minimum absolute atomic E-state index is 0.307. The van der Waals surface area contributed by atoms with E-state index in [0.29, 0.717) is 5.54 Å². The molecule has 0 aromatic carbocycles. The minimum Gasteiger partial charge on any atom is -0.329 e. The summed E-state index contributed by atoms with van der Waals surface area (Å²) >= 11 is 0. The highest BCUT2D eigenvalue weighted by atomic mass is 15.2. The number of likely N-dealkylation sites (N-methyl/N-ethyl adjacent to an activating group) is 1. The molecule has 100 valence electrons. The fourth-order valence-electron chi connectivity index (χ4n) is 3.63. The highest BCUT2D eigenvalue weighted by Crippen LogP contribution is 2.40. The van der Waals surface area contributed by atoms with Gasteiger partial charge >= 0.3 is 0 Å². The van der Waals surface area contributed by atoms with Crippen LogP contribution in [0.3, 0.4) is 0 Å². The van der Waals surface area contributed by atoms with Crippen LogP contribution in [0, 0.1) is 17.8 Å². The van der Waals surface area contributed by atoms with Gasteiger partial charge in [0, 0.05) is 18.6 Å². The molecule has 0 bridgehead atoms. The largest absolute Gasteiger partial charge is 0.329 e. The molecule has 2 fully saturated rings. The molecule has 0 aromatic rings. The first kappa shape index (κ1) is 13.4. The van der Waals surface area contributed by atoms with Crippen molar-refractivity contribution in [3.05, 3.63) is 0 Å². The maximum Gasteiger partial charge on any atom is 0.0331 e. The number of hydrogen-bond donors (Lipinski definition) is 1.